The van der Waals surface area contributed by atoms with Crippen LogP contribution in [0.3, 0.4) is 0 Å². The molecule has 3 aromatic rings. The lowest BCUT2D eigenvalue weighted by atomic mass is 10.1. The standard InChI is InChI=1S/C19H22FN3O/c1-3-10-23-13(2)17(12-24)16-8-9-21-19(18(16)23)22-11-14-4-6-15(20)7-5-14/h4-9,24H,3,10-12H2,1-2H3,(H,21,22). The summed E-state index contributed by atoms with van der Waals surface area (Å²) in [5.74, 6) is 0.548. The minimum Gasteiger partial charge on any atom is -0.392 e. The maximum absolute atomic E-state index is 13.0. The van der Waals surface area contributed by atoms with Crippen LogP contribution in [0.2, 0.25) is 0 Å². The van der Waals surface area contributed by atoms with Gasteiger partial charge >= 0.3 is 0 Å². The van der Waals surface area contributed by atoms with Gasteiger partial charge in [0, 0.05) is 35.9 Å². The van der Waals surface area contributed by atoms with Crippen molar-refractivity contribution >= 4 is 16.7 Å². The van der Waals surface area contributed by atoms with Gasteiger partial charge in [-0.05, 0) is 37.1 Å². The number of rotatable bonds is 6. The molecule has 2 N–H and O–H groups in total. The van der Waals surface area contributed by atoms with Crippen molar-refractivity contribution in [3.05, 3.63) is 59.2 Å². The summed E-state index contributed by atoms with van der Waals surface area (Å²) in [6.45, 7) is 5.62. The number of aromatic nitrogens is 2. The number of halogens is 1. The minimum atomic E-state index is -0.237. The van der Waals surface area contributed by atoms with Crippen LogP contribution < -0.4 is 5.32 Å². The fourth-order valence-electron chi connectivity index (χ4n) is 3.12. The fraction of sp³-hybridized carbons (Fsp3) is 0.316. The molecule has 0 saturated carbocycles. The first kappa shape index (κ1) is 16.5. The molecule has 0 spiro atoms. The van der Waals surface area contributed by atoms with Gasteiger partial charge in [0.05, 0.1) is 12.1 Å². The Labute approximate surface area is 141 Å². The zero-order valence-corrected chi connectivity index (χ0v) is 14.0. The van der Waals surface area contributed by atoms with E-state index in [0.29, 0.717) is 6.54 Å². The topological polar surface area (TPSA) is 50.1 Å². The molecular formula is C19H22FN3O. The number of nitrogens with one attached hydrogen (secondary N) is 1. The summed E-state index contributed by atoms with van der Waals surface area (Å²) in [5.41, 5.74) is 4.03. The van der Waals surface area contributed by atoms with E-state index >= 15 is 0 Å². The molecule has 126 valence electrons. The van der Waals surface area contributed by atoms with Crippen molar-refractivity contribution in [1.82, 2.24) is 9.55 Å². The van der Waals surface area contributed by atoms with Crippen LogP contribution in [-0.2, 0) is 19.7 Å². The molecular weight excluding hydrogens is 305 g/mol. The van der Waals surface area contributed by atoms with E-state index in [-0.39, 0.29) is 12.4 Å². The smallest absolute Gasteiger partial charge is 0.150 e. The van der Waals surface area contributed by atoms with Gasteiger partial charge in [0.1, 0.15) is 5.82 Å². The average Bonchev–Trinajstić information content (AvgIpc) is 2.87. The average molecular weight is 327 g/mol. The zero-order chi connectivity index (χ0) is 17.1. The molecule has 0 bridgehead atoms. The molecule has 2 heterocycles. The van der Waals surface area contributed by atoms with Crippen molar-refractivity contribution in [2.75, 3.05) is 5.32 Å². The van der Waals surface area contributed by atoms with E-state index in [1.807, 2.05) is 13.0 Å². The molecule has 1 aromatic carbocycles. The van der Waals surface area contributed by atoms with Gasteiger partial charge in [-0.3, -0.25) is 0 Å². The Hall–Kier alpha value is -2.40. The predicted molar refractivity (Wildman–Crippen MR) is 94.4 cm³/mol. The van der Waals surface area contributed by atoms with Crippen molar-refractivity contribution in [2.45, 2.75) is 40.0 Å². The second-order valence-electron chi connectivity index (χ2n) is 5.91. The number of hydrogen-bond donors (Lipinski definition) is 2. The largest absolute Gasteiger partial charge is 0.392 e. The Morgan fingerprint density at radius 3 is 2.62 bits per heavy atom. The molecule has 0 fully saturated rings. The number of fused-ring (bicyclic) bond motifs is 1. The van der Waals surface area contributed by atoms with Gasteiger partial charge in [-0.2, -0.15) is 0 Å². The van der Waals surface area contributed by atoms with Crippen LogP contribution in [0, 0.1) is 12.7 Å². The predicted octanol–water partition coefficient (Wildman–Crippen LogP) is 4.00. The van der Waals surface area contributed by atoms with Crippen molar-refractivity contribution in [1.29, 1.82) is 0 Å². The normalized spacial score (nSPS) is 11.2. The van der Waals surface area contributed by atoms with Crippen LogP contribution in [-0.4, -0.2) is 14.7 Å². The van der Waals surface area contributed by atoms with Crippen molar-refractivity contribution in [3.63, 3.8) is 0 Å². The summed E-state index contributed by atoms with van der Waals surface area (Å²) in [6.07, 6.45) is 2.76. The first-order valence-electron chi connectivity index (χ1n) is 8.21. The summed E-state index contributed by atoms with van der Waals surface area (Å²) >= 11 is 0. The number of aliphatic hydroxyl groups is 1. The van der Waals surface area contributed by atoms with Crippen LogP contribution in [0.5, 0.6) is 0 Å². The molecule has 0 saturated heterocycles. The van der Waals surface area contributed by atoms with Gasteiger partial charge in [-0.25, -0.2) is 9.37 Å². The number of aliphatic hydroxyl groups excluding tert-OH is 1. The SMILES string of the molecule is CCCn1c(C)c(CO)c2ccnc(NCc3ccc(F)cc3)c21. The Balaban J connectivity index is 1.99. The number of benzene rings is 1. The molecule has 0 unspecified atom stereocenters. The van der Waals surface area contributed by atoms with Gasteiger partial charge in [-0.1, -0.05) is 19.1 Å². The quantitative estimate of drug-likeness (QED) is 0.719. The lowest BCUT2D eigenvalue weighted by Gasteiger charge is -2.11. The Morgan fingerprint density at radius 1 is 1.21 bits per heavy atom. The van der Waals surface area contributed by atoms with E-state index in [2.05, 4.69) is 21.8 Å². The van der Waals surface area contributed by atoms with E-state index in [1.54, 1.807) is 18.3 Å². The van der Waals surface area contributed by atoms with Crippen LogP contribution >= 0.6 is 0 Å². The summed E-state index contributed by atoms with van der Waals surface area (Å²) < 4.78 is 15.2. The van der Waals surface area contributed by atoms with E-state index in [0.717, 1.165) is 46.5 Å². The number of nitrogens with zero attached hydrogens (tertiary/aromatic N) is 2. The van der Waals surface area contributed by atoms with Gasteiger partial charge < -0.3 is 15.0 Å². The lowest BCUT2D eigenvalue weighted by Crippen LogP contribution is -2.06. The van der Waals surface area contributed by atoms with Crippen molar-refractivity contribution in [3.8, 4) is 0 Å². The Kier molecular flexibility index (Phi) is 4.81. The maximum atomic E-state index is 13.0. The van der Waals surface area contributed by atoms with E-state index in [9.17, 15) is 9.50 Å². The molecule has 0 aliphatic heterocycles. The third kappa shape index (κ3) is 2.99. The molecule has 2 aromatic heterocycles. The Morgan fingerprint density at radius 2 is 1.96 bits per heavy atom. The second kappa shape index (κ2) is 7.01. The summed E-state index contributed by atoms with van der Waals surface area (Å²) in [6, 6.07) is 8.39. The summed E-state index contributed by atoms with van der Waals surface area (Å²) in [7, 11) is 0. The molecule has 0 radical (unpaired) electrons. The molecule has 3 rings (SSSR count). The third-order valence-electron chi connectivity index (χ3n) is 4.34. The highest BCUT2D eigenvalue weighted by Crippen LogP contribution is 2.30. The van der Waals surface area contributed by atoms with Gasteiger partial charge in [0.2, 0.25) is 0 Å². The Bertz CT molecular complexity index is 840. The number of aryl methyl sites for hydroxylation is 1. The van der Waals surface area contributed by atoms with Gasteiger partial charge in [-0.15, -0.1) is 0 Å². The highest BCUT2D eigenvalue weighted by atomic mass is 19.1. The molecule has 5 heteroatoms. The third-order valence-corrected chi connectivity index (χ3v) is 4.34. The highest BCUT2D eigenvalue weighted by Gasteiger charge is 2.16. The molecule has 0 atom stereocenters. The molecule has 0 amide bonds. The minimum absolute atomic E-state index is 0.0143. The van der Waals surface area contributed by atoms with Gasteiger partial charge in [0.25, 0.3) is 0 Å². The highest BCUT2D eigenvalue weighted by molar-refractivity contribution is 5.93. The number of hydrogen-bond acceptors (Lipinski definition) is 3. The van der Waals surface area contributed by atoms with Crippen LogP contribution in [0.15, 0.2) is 36.5 Å². The van der Waals surface area contributed by atoms with E-state index in [1.165, 1.54) is 12.1 Å². The number of pyridine rings is 1. The van der Waals surface area contributed by atoms with E-state index in [4.69, 9.17) is 0 Å². The lowest BCUT2D eigenvalue weighted by molar-refractivity contribution is 0.282. The summed E-state index contributed by atoms with van der Waals surface area (Å²) in [5, 5.41) is 14.1. The molecule has 24 heavy (non-hydrogen) atoms. The number of anilines is 1. The van der Waals surface area contributed by atoms with Gasteiger partial charge in [0.15, 0.2) is 5.82 Å². The first-order valence-corrected chi connectivity index (χ1v) is 8.21. The molecule has 0 aliphatic carbocycles. The van der Waals surface area contributed by atoms with Crippen molar-refractivity contribution < 1.29 is 9.50 Å². The molecule has 0 aliphatic rings. The van der Waals surface area contributed by atoms with E-state index < -0.39 is 0 Å². The second-order valence-corrected chi connectivity index (χ2v) is 5.91. The molecule has 4 nitrogen and oxygen atoms in total. The maximum Gasteiger partial charge on any atom is 0.150 e. The van der Waals surface area contributed by atoms with Crippen LogP contribution in [0.1, 0.15) is 30.2 Å². The fourth-order valence-corrected chi connectivity index (χ4v) is 3.12. The first-order chi connectivity index (χ1) is 11.7. The monoisotopic (exact) mass is 327 g/mol. The zero-order valence-electron chi connectivity index (χ0n) is 14.0. The van der Waals surface area contributed by atoms with Crippen molar-refractivity contribution in [2.24, 2.45) is 0 Å². The van der Waals surface area contributed by atoms with Crippen LogP contribution in [0.4, 0.5) is 10.2 Å². The summed E-state index contributed by atoms with van der Waals surface area (Å²) in [4.78, 5) is 4.48. The van der Waals surface area contributed by atoms with Crippen LogP contribution in [0.25, 0.3) is 10.9 Å².